The normalized spacial score (nSPS) is 11.1. The van der Waals surface area contributed by atoms with Gasteiger partial charge in [-0.1, -0.05) is 25.4 Å². The summed E-state index contributed by atoms with van der Waals surface area (Å²) in [5, 5.41) is 0.343. The Labute approximate surface area is 125 Å². The van der Waals surface area contributed by atoms with Crippen molar-refractivity contribution >= 4 is 27.5 Å². The van der Waals surface area contributed by atoms with Crippen molar-refractivity contribution < 1.29 is 4.39 Å². The summed E-state index contributed by atoms with van der Waals surface area (Å²) in [6, 6.07) is 4.72. The van der Waals surface area contributed by atoms with Gasteiger partial charge in [-0.05, 0) is 52.5 Å². The minimum atomic E-state index is -0.302. The third-order valence-corrected chi connectivity index (χ3v) is 3.97. The van der Waals surface area contributed by atoms with Gasteiger partial charge >= 0.3 is 0 Å². The van der Waals surface area contributed by atoms with Crippen LogP contribution < -0.4 is 0 Å². The molecule has 100 valence electrons. The van der Waals surface area contributed by atoms with Crippen molar-refractivity contribution in [2.75, 3.05) is 0 Å². The van der Waals surface area contributed by atoms with E-state index in [1.807, 2.05) is 26.8 Å². The zero-order chi connectivity index (χ0) is 14.2. The summed E-state index contributed by atoms with van der Waals surface area (Å²) in [5.41, 5.74) is 2.27. The quantitative estimate of drug-likeness (QED) is 0.706. The molecule has 0 amide bonds. The molecular weight excluding hydrogens is 331 g/mol. The largest absolute Gasteiger partial charge is 0.232 e. The van der Waals surface area contributed by atoms with Gasteiger partial charge in [-0.2, -0.15) is 0 Å². The second-order valence-electron chi connectivity index (χ2n) is 4.71. The highest BCUT2D eigenvalue weighted by Crippen LogP contribution is 2.31. The second kappa shape index (κ2) is 5.55. The molecule has 0 aliphatic heterocycles. The summed E-state index contributed by atoms with van der Waals surface area (Å²) >= 11 is 9.49. The summed E-state index contributed by atoms with van der Waals surface area (Å²) in [5.74, 6) is 0.339. The molecule has 2 aromatic rings. The molecule has 0 radical (unpaired) electrons. The van der Waals surface area contributed by atoms with Crippen molar-refractivity contribution in [1.29, 1.82) is 0 Å². The zero-order valence-electron chi connectivity index (χ0n) is 10.8. The summed E-state index contributed by atoms with van der Waals surface area (Å²) in [6.45, 7) is 5.87. The number of rotatable bonds is 2. The molecule has 1 heterocycles. The van der Waals surface area contributed by atoms with Crippen LogP contribution in [0.25, 0.3) is 11.4 Å². The summed E-state index contributed by atoms with van der Waals surface area (Å²) < 4.78 is 14.2. The topological polar surface area (TPSA) is 25.8 Å². The fraction of sp³-hybridized carbons (Fsp3) is 0.286. The van der Waals surface area contributed by atoms with Gasteiger partial charge in [0.1, 0.15) is 11.0 Å². The van der Waals surface area contributed by atoms with E-state index < -0.39 is 0 Å². The molecular formula is C14H13BrClFN2. The molecule has 0 N–H and O–H groups in total. The second-order valence-corrected chi connectivity index (χ2v) is 5.86. The Hall–Kier alpha value is -1.00. The molecule has 2 rings (SSSR count). The zero-order valence-corrected chi connectivity index (χ0v) is 13.2. The lowest BCUT2D eigenvalue weighted by Crippen LogP contribution is -2.01. The van der Waals surface area contributed by atoms with E-state index in [-0.39, 0.29) is 11.7 Å². The van der Waals surface area contributed by atoms with E-state index in [0.717, 1.165) is 11.3 Å². The van der Waals surface area contributed by atoms with Gasteiger partial charge in [0.25, 0.3) is 0 Å². The maximum atomic E-state index is 13.5. The molecule has 0 unspecified atom stereocenters. The maximum Gasteiger partial charge on any atom is 0.161 e. The van der Waals surface area contributed by atoms with Crippen LogP contribution in [-0.2, 0) is 0 Å². The molecule has 0 bridgehead atoms. The van der Waals surface area contributed by atoms with E-state index in [1.165, 1.54) is 12.1 Å². The number of hydrogen-bond acceptors (Lipinski definition) is 2. The Morgan fingerprint density at radius 1 is 1.21 bits per heavy atom. The molecule has 0 saturated carbocycles. The van der Waals surface area contributed by atoms with E-state index in [2.05, 4.69) is 25.9 Å². The first-order valence-electron chi connectivity index (χ1n) is 5.89. The Morgan fingerprint density at radius 2 is 1.89 bits per heavy atom. The first kappa shape index (κ1) is 14.4. The molecule has 0 aliphatic carbocycles. The van der Waals surface area contributed by atoms with E-state index in [1.54, 1.807) is 0 Å². The van der Waals surface area contributed by atoms with Crippen LogP contribution in [0.3, 0.4) is 0 Å². The molecule has 0 saturated heterocycles. The minimum absolute atomic E-state index is 0.197. The molecule has 19 heavy (non-hydrogen) atoms. The van der Waals surface area contributed by atoms with Crippen molar-refractivity contribution in [1.82, 2.24) is 9.97 Å². The molecule has 0 fully saturated rings. The molecule has 0 atom stereocenters. The lowest BCUT2D eigenvalue weighted by atomic mass is 10.1. The standard InChI is InChI=1S/C14H13BrClFN2/c1-7(2)12-11(15)13(16)19-14(18-12)9-4-8(3)5-10(17)6-9/h4-7H,1-3H3. The van der Waals surface area contributed by atoms with Crippen LogP contribution in [0, 0.1) is 12.7 Å². The van der Waals surface area contributed by atoms with Gasteiger partial charge in [-0.15, -0.1) is 0 Å². The number of aromatic nitrogens is 2. The fourth-order valence-corrected chi connectivity index (χ4v) is 2.63. The Kier molecular flexibility index (Phi) is 4.21. The number of hydrogen-bond donors (Lipinski definition) is 0. The van der Waals surface area contributed by atoms with Crippen molar-refractivity contribution in [2.24, 2.45) is 0 Å². The fourth-order valence-electron chi connectivity index (χ4n) is 1.81. The summed E-state index contributed by atoms with van der Waals surface area (Å²) in [6.07, 6.45) is 0. The average Bonchev–Trinajstić information content (AvgIpc) is 2.30. The van der Waals surface area contributed by atoms with Crippen LogP contribution in [0.1, 0.15) is 31.0 Å². The van der Waals surface area contributed by atoms with Gasteiger partial charge in [0.2, 0.25) is 0 Å². The number of benzene rings is 1. The SMILES string of the molecule is Cc1cc(F)cc(-c2nc(Cl)c(Br)c(C(C)C)n2)c1. The van der Waals surface area contributed by atoms with E-state index in [0.29, 0.717) is 21.0 Å². The van der Waals surface area contributed by atoms with Gasteiger partial charge in [0, 0.05) is 5.56 Å². The van der Waals surface area contributed by atoms with Crippen LogP contribution in [-0.4, -0.2) is 9.97 Å². The van der Waals surface area contributed by atoms with Crippen molar-refractivity contribution in [3.63, 3.8) is 0 Å². The van der Waals surface area contributed by atoms with Crippen molar-refractivity contribution in [3.05, 3.63) is 44.9 Å². The highest BCUT2D eigenvalue weighted by atomic mass is 79.9. The van der Waals surface area contributed by atoms with E-state index >= 15 is 0 Å². The van der Waals surface area contributed by atoms with Crippen LogP contribution in [0.15, 0.2) is 22.7 Å². The Morgan fingerprint density at radius 3 is 2.47 bits per heavy atom. The first-order chi connectivity index (χ1) is 8.88. The maximum absolute atomic E-state index is 13.5. The number of aryl methyl sites for hydroxylation is 1. The van der Waals surface area contributed by atoms with Crippen LogP contribution >= 0.6 is 27.5 Å². The lowest BCUT2D eigenvalue weighted by Gasteiger charge is -2.11. The molecule has 0 spiro atoms. The average molecular weight is 344 g/mol. The van der Waals surface area contributed by atoms with Crippen LogP contribution in [0.2, 0.25) is 5.15 Å². The van der Waals surface area contributed by atoms with Gasteiger partial charge in [-0.25, -0.2) is 14.4 Å². The molecule has 0 aliphatic rings. The van der Waals surface area contributed by atoms with E-state index in [4.69, 9.17) is 11.6 Å². The summed E-state index contributed by atoms with van der Waals surface area (Å²) in [7, 11) is 0. The Bertz CT molecular complexity index is 609. The predicted octanol–water partition coefficient (Wildman–Crippen LogP) is 5.13. The van der Waals surface area contributed by atoms with Crippen molar-refractivity contribution in [3.8, 4) is 11.4 Å². The molecule has 2 nitrogen and oxygen atoms in total. The van der Waals surface area contributed by atoms with Crippen LogP contribution in [0.4, 0.5) is 4.39 Å². The first-order valence-corrected chi connectivity index (χ1v) is 7.06. The van der Waals surface area contributed by atoms with Gasteiger partial charge < -0.3 is 0 Å². The van der Waals surface area contributed by atoms with E-state index in [9.17, 15) is 4.39 Å². The third kappa shape index (κ3) is 3.12. The monoisotopic (exact) mass is 342 g/mol. The molecule has 5 heteroatoms. The molecule has 1 aromatic carbocycles. The van der Waals surface area contributed by atoms with Gasteiger partial charge in [0.05, 0.1) is 10.2 Å². The third-order valence-electron chi connectivity index (χ3n) is 2.68. The lowest BCUT2D eigenvalue weighted by molar-refractivity contribution is 0.627. The van der Waals surface area contributed by atoms with Gasteiger partial charge in [0.15, 0.2) is 5.82 Å². The predicted molar refractivity (Wildman–Crippen MR) is 79.0 cm³/mol. The molecule has 1 aromatic heterocycles. The van der Waals surface area contributed by atoms with Crippen LogP contribution in [0.5, 0.6) is 0 Å². The number of halogens is 3. The smallest absolute Gasteiger partial charge is 0.161 e. The van der Waals surface area contributed by atoms with Gasteiger partial charge in [-0.3, -0.25) is 0 Å². The summed E-state index contributed by atoms with van der Waals surface area (Å²) in [4.78, 5) is 8.69. The Balaban J connectivity index is 2.62. The number of nitrogens with zero attached hydrogens (tertiary/aromatic N) is 2. The highest BCUT2D eigenvalue weighted by Gasteiger charge is 2.15. The minimum Gasteiger partial charge on any atom is -0.232 e. The highest BCUT2D eigenvalue weighted by molar-refractivity contribution is 9.10. The van der Waals surface area contributed by atoms with Crippen molar-refractivity contribution in [2.45, 2.75) is 26.7 Å².